The molecule has 104 valence electrons. The second kappa shape index (κ2) is 5.83. The summed E-state index contributed by atoms with van der Waals surface area (Å²) in [7, 11) is 0. The van der Waals surface area contributed by atoms with Crippen molar-refractivity contribution in [3.8, 4) is 5.82 Å². The molecule has 2 aromatic heterocycles. The third kappa shape index (κ3) is 2.85. The lowest BCUT2D eigenvalue weighted by Crippen LogP contribution is -2.37. The van der Waals surface area contributed by atoms with Crippen LogP contribution in [0.3, 0.4) is 0 Å². The molecule has 1 amide bonds. The van der Waals surface area contributed by atoms with Crippen molar-refractivity contribution < 1.29 is 4.79 Å². The van der Waals surface area contributed by atoms with Crippen molar-refractivity contribution in [2.75, 3.05) is 13.1 Å². The van der Waals surface area contributed by atoms with E-state index in [2.05, 4.69) is 20.6 Å². The molecule has 6 heteroatoms. The normalized spacial score (nSPS) is 18.1. The van der Waals surface area contributed by atoms with Gasteiger partial charge in [-0.25, -0.2) is 9.97 Å². The zero-order valence-corrected chi connectivity index (χ0v) is 11.1. The fourth-order valence-corrected chi connectivity index (χ4v) is 2.32. The zero-order valence-electron chi connectivity index (χ0n) is 11.1. The second-order valence-electron chi connectivity index (χ2n) is 4.88. The van der Waals surface area contributed by atoms with Gasteiger partial charge in [0.05, 0.1) is 5.56 Å². The Labute approximate surface area is 117 Å². The van der Waals surface area contributed by atoms with Crippen LogP contribution in [0.15, 0.2) is 37.1 Å². The van der Waals surface area contributed by atoms with Crippen molar-refractivity contribution in [1.82, 2.24) is 25.2 Å². The molecule has 0 spiro atoms. The molecule has 1 saturated heterocycles. The van der Waals surface area contributed by atoms with E-state index in [0.717, 1.165) is 18.8 Å². The fraction of sp³-hybridized carbons (Fsp3) is 0.357. The van der Waals surface area contributed by atoms with E-state index in [1.807, 2.05) is 12.3 Å². The van der Waals surface area contributed by atoms with Crippen LogP contribution in [-0.2, 0) is 0 Å². The van der Waals surface area contributed by atoms with Crippen LogP contribution in [0.1, 0.15) is 23.2 Å². The molecule has 1 atom stereocenters. The minimum atomic E-state index is -0.0802. The molecule has 1 unspecified atom stereocenters. The number of amides is 1. The van der Waals surface area contributed by atoms with Crippen LogP contribution in [0, 0.1) is 0 Å². The quantitative estimate of drug-likeness (QED) is 0.860. The number of hydrogen-bond donors (Lipinski definition) is 2. The number of carbonyl (C=O) groups excluding carboxylic acids is 1. The third-order valence-electron chi connectivity index (χ3n) is 3.45. The second-order valence-corrected chi connectivity index (χ2v) is 4.88. The number of nitrogens with zero attached hydrogens (tertiary/aromatic N) is 3. The van der Waals surface area contributed by atoms with Gasteiger partial charge in [-0.1, -0.05) is 0 Å². The standard InChI is InChI=1S/C14H17N5O/c20-14(18-9-12-2-1-5-16-12)11-3-4-13(17-8-11)19-7-6-15-10-19/h3-4,6-8,10,12,16H,1-2,5,9H2,(H,18,20). The number of rotatable bonds is 4. The molecule has 0 bridgehead atoms. The minimum absolute atomic E-state index is 0.0802. The largest absolute Gasteiger partial charge is 0.350 e. The molecule has 0 saturated carbocycles. The number of imidazole rings is 1. The number of pyridine rings is 1. The molecule has 0 radical (unpaired) electrons. The highest BCUT2D eigenvalue weighted by Crippen LogP contribution is 2.06. The van der Waals surface area contributed by atoms with Crippen molar-refractivity contribution in [2.24, 2.45) is 0 Å². The SMILES string of the molecule is O=C(NCC1CCCN1)c1ccc(-n2ccnc2)nc1. The van der Waals surface area contributed by atoms with Crippen molar-refractivity contribution >= 4 is 5.91 Å². The smallest absolute Gasteiger partial charge is 0.252 e. The van der Waals surface area contributed by atoms with Gasteiger partial charge >= 0.3 is 0 Å². The topological polar surface area (TPSA) is 71.8 Å². The summed E-state index contributed by atoms with van der Waals surface area (Å²) >= 11 is 0. The summed E-state index contributed by atoms with van der Waals surface area (Å²) in [6.07, 6.45) is 9.07. The molecule has 2 aromatic rings. The molecule has 2 N–H and O–H groups in total. The van der Waals surface area contributed by atoms with Crippen molar-refractivity contribution in [1.29, 1.82) is 0 Å². The Bertz CT molecular complexity index is 558. The highest BCUT2D eigenvalue weighted by molar-refractivity contribution is 5.93. The Morgan fingerprint density at radius 3 is 3.10 bits per heavy atom. The maximum Gasteiger partial charge on any atom is 0.252 e. The summed E-state index contributed by atoms with van der Waals surface area (Å²) in [5.41, 5.74) is 0.576. The Morgan fingerprint density at radius 1 is 1.50 bits per heavy atom. The first-order valence-electron chi connectivity index (χ1n) is 6.79. The number of hydrogen-bond acceptors (Lipinski definition) is 4. The first kappa shape index (κ1) is 12.8. The predicted octanol–water partition coefficient (Wildman–Crippen LogP) is 0.749. The van der Waals surface area contributed by atoms with E-state index >= 15 is 0 Å². The van der Waals surface area contributed by atoms with E-state index in [4.69, 9.17) is 0 Å². The van der Waals surface area contributed by atoms with E-state index < -0.39 is 0 Å². The summed E-state index contributed by atoms with van der Waals surface area (Å²) < 4.78 is 1.80. The summed E-state index contributed by atoms with van der Waals surface area (Å²) in [6.45, 7) is 1.71. The summed E-state index contributed by atoms with van der Waals surface area (Å²) in [5.74, 6) is 0.667. The number of nitrogens with one attached hydrogen (secondary N) is 2. The van der Waals surface area contributed by atoms with Crippen molar-refractivity contribution in [3.05, 3.63) is 42.6 Å². The van der Waals surface area contributed by atoms with E-state index in [-0.39, 0.29) is 5.91 Å². The lowest BCUT2D eigenvalue weighted by atomic mass is 10.2. The van der Waals surface area contributed by atoms with Crippen LogP contribution in [0.25, 0.3) is 5.82 Å². The molecule has 3 rings (SSSR count). The third-order valence-corrected chi connectivity index (χ3v) is 3.45. The van der Waals surface area contributed by atoms with Crippen LogP contribution < -0.4 is 10.6 Å². The van der Waals surface area contributed by atoms with Gasteiger partial charge in [0.1, 0.15) is 12.1 Å². The summed E-state index contributed by atoms with van der Waals surface area (Å²) in [6, 6.07) is 3.99. The Morgan fingerprint density at radius 2 is 2.45 bits per heavy atom. The molecule has 3 heterocycles. The van der Waals surface area contributed by atoms with Crippen LogP contribution in [0.5, 0.6) is 0 Å². The predicted molar refractivity (Wildman–Crippen MR) is 74.7 cm³/mol. The average Bonchev–Trinajstić information content (AvgIpc) is 3.18. The molecule has 1 aliphatic heterocycles. The molecule has 1 fully saturated rings. The molecule has 20 heavy (non-hydrogen) atoms. The van der Waals surface area contributed by atoms with Gasteiger partial charge in [0, 0.05) is 31.2 Å². The highest BCUT2D eigenvalue weighted by Gasteiger charge is 2.15. The van der Waals surface area contributed by atoms with Gasteiger partial charge in [-0.3, -0.25) is 9.36 Å². The average molecular weight is 271 g/mol. The van der Waals surface area contributed by atoms with Crippen LogP contribution in [0.2, 0.25) is 0 Å². The van der Waals surface area contributed by atoms with Gasteiger partial charge in [0.15, 0.2) is 0 Å². The molecular formula is C14H17N5O. The number of aromatic nitrogens is 3. The monoisotopic (exact) mass is 271 g/mol. The van der Waals surface area contributed by atoms with Crippen LogP contribution in [0.4, 0.5) is 0 Å². The summed E-state index contributed by atoms with van der Waals surface area (Å²) in [4.78, 5) is 20.2. The lowest BCUT2D eigenvalue weighted by molar-refractivity contribution is 0.0950. The minimum Gasteiger partial charge on any atom is -0.350 e. The van der Waals surface area contributed by atoms with Crippen molar-refractivity contribution in [2.45, 2.75) is 18.9 Å². The molecule has 1 aliphatic rings. The van der Waals surface area contributed by atoms with E-state index in [0.29, 0.717) is 18.2 Å². The number of carbonyl (C=O) groups is 1. The molecule has 6 nitrogen and oxygen atoms in total. The summed E-state index contributed by atoms with van der Waals surface area (Å²) in [5, 5.41) is 6.28. The first-order chi connectivity index (χ1) is 9.83. The van der Waals surface area contributed by atoms with E-state index in [9.17, 15) is 4.79 Å². The Kier molecular flexibility index (Phi) is 3.73. The fourth-order valence-electron chi connectivity index (χ4n) is 2.32. The molecule has 0 aromatic carbocycles. The zero-order chi connectivity index (χ0) is 13.8. The van der Waals surface area contributed by atoms with Gasteiger partial charge in [0.25, 0.3) is 5.91 Å². The van der Waals surface area contributed by atoms with E-state index in [1.165, 1.54) is 6.42 Å². The van der Waals surface area contributed by atoms with Gasteiger partial charge in [-0.05, 0) is 31.5 Å². The van der Waals surface area contributed by atoms with Gasteiger partial charge < -0.3 is 10.6 Å². The van der Waals surface area contributed by atoms with E-state index in [1.54, 1.807) is 29.4 Å². The van der Waals surface area contributed by atoms with Crippen LogP contribution >= 0.6 is 0 Å². The Hall–Kier alpha value is -2.21. The first-order valence-corrected chi connectivity index (χ1v) is 6.79. The van der Waals surface area contributed by atoms with Crippen molar-refractivity contribution in [3.63, 3.8) is 0 Å². The maximum absolute atomic E-state index is 12.0. The van der Waals surface area contributed by atoms with Crippen LogP contribution in [-0.4, -0.2) is 39.6 Å². The highest BCUT2D eigenvalue weighted by atomic mass is 16.1. The van der Waals surface area contributed by atoms with Gasteiger partial charge in [0.2, 0.25) is 0 Å². The lowest BCUT2D eigenvalue weighted by Gasteiger charge is -2.11. The molecule has 0 aliphatic carbocycles. The molecular weight excluding hydrogens is 254 g/mol. The van der Waals surface area contributed by atoms with Gasteiger partial charge in [-0.15, -0.1) is 0 Å². The maximum atomic E-state index is 12.0. The van der Waals surface area contributed by atoms with Gasteiger partial charge in [-0.2, -0.15) is 0 Å². The Balaban J connectivity index is 1.60.